The van der Waals surface area contributed by atoms with Gasteiger partial charge in [0.1, 0.15) is 23.7 Å². The molecule has 0 aliphatic carbocycles. The third kappa shape index (κ3) is 13.4. The minimum atomic E-state index is -1.10. The highest BCUT2D eigenvalue weighted by molar-refractivity contribution is 5.94. The van der Waals surface area contributed by atoms with Crippen LogP contribution in [0.25, 0.3) is 0 Å². The lowest BCUT2D eigenvalue weighted by atomic mass is 10.0. The number of nitrogens with one attached hydrogen (secondary N) is 4. The number of hydrazine groups is 1. The number of rotatable bonds is 12. The molecule has 0 aromatic heterocycles. The van der Waals surface area contributed by atoms with E-state index in [1.54, 1.807) is 27.7 Å². The Morgan fingerprint density at radius 3 is 1.85 bits per heavy atom. The summed E-state index contributed by atoms with van der Waals surface area (Å²) in [5, 5.41) is 8.07. The molecule has 0 aliphatic heterocycles. The highest BCUT2D eigenvalue weighted by Gasteiger charge is 2.34. The molecule has 0 saturated heterocycles. The van der Waals surface area contributed by atoms with Gasteiger partial charge in [-0.3, -0.25) is 19.8 Å². The SMILES string of the molecule is CC(C)C[C@H](NC(=O)[C@H](Cc1ccccc1)NC(=O)OC(C)(C)C)C(=O)N[C@H](C(=O)NN)[C@@H](C)OC(C)(C)C. The van der Waals surface area contributed by atoms with Crippen LogP contribution in [-0.4, -0.2) is 59.2 Å². The fraction of sp³-hybridized carbons (Fsp3) is 0.643. The molecule has 0 unspecified atom stereocenters. The van der Waals surface area contributed by atoms with Gasteiger partial charge >= 0.3 is 6.09 Å². The monoisotopic (exact) mass is 549 g/mol. The van der Waals surface area contributed by atoms with Crippen LogP contribution in [0.1, 0.15) is 74.3 Å². The first-order chi connectivity index (χ1) is 17.9. The van der Waals surface area contributed by atoms with Gasteiger partial charge in [-0.2, -0.15) is 0 Å². The van der Waals surface area contributed by atoms with Gasteiger partial charge in [-0.1, -0.05) is 44.2 Å². The summed E-state index contributed by atoms with van der Waals surface area (Å²) in [5.41, 5.74) is 1.53. The minimum absolute atomic E-state index is 0.0254. The van der Waals surface area contributed by atoms with Gasteiger partial charge in [0, 0.05) is 6.42 Å². The molecule has 220 valence electrons. The third-order valence-corrected chi connectivity index (χ3v) is 5.36. The molecule has 0 bridgehead atoms. The van der Waals surface area contributed by atoms with Crippen molar-refractivity contribution in [2.45, 2.75) is 111 Å². The lowest BCUT2D eigenvalue weighted by molar-refractivity contribution is -0.139. The van der Waals surface area contributed by atoms with Crippen molar-refractivity contribution in [1.29, 1.82) is 0 Å². The molecule has 4 atom stereocenters. The molecule has 1 aromatic rings. The molecule has 39 heavy (non-hydrogen) atoms. The molecule has 11 nitrogen and oxygen atoms in total. The van der Waals surface area contributed by atoms with Crippen molar-refractivity contribution < 1.29 is 28.7 Å². The number of hydrogen-bond donors (Lipinski definition) is 5. The van der Waals surface area contributed by atoms with E-state index in [0.717, 1.165) is 5.56 Å². The second kappa shape index (κ2) is 14.8. The Kier molecular flexibility index (Phi) is 12.9. The zero-order valence-electron chi connectivity index (χ0n) is 24.7. The molecule has 6 N–H and O–H groups in total. The van der Waals surface area contributed by atoms with E-state index >= 15 is 0 Å². The van der Waals surface area contributed by atoms with E-state index in [-0.39, 0.29) is 18.8 Å². The number of carbonyl (C=O) groups excluding carboxylic acids is 4. The number of nitrogens with two attached hydrogens (primary N) is 1. The molecule has 0 spiro atoms. The fourth-order valence-corrected chi connectivity index (χ4v) is 3.85. The summed E-state index contributed by atoms with van der Waals surface area (Å²) in [7, 11) is 0. The summed E-state index contributed by atoms with van der Waals surface area (Å²) in [5.74, 6) is 3.61. The van der Waals surface area contributed by atoms with Crippen molar-refractivity contribution in [2.24, 2.45) is 11.8 Å². The molecule has 1 aromatic carbocycles. The van der Waals surface area contributed by atoms with Crippen LogP contribution in [0.2, 0.25) is 0 Å². The predicted octanol–water partition coefficient (Wildman–Crippen LogP) is 2.33. The first-order valence-electron chi connectivity index (χ1n) is 13.2. The summed E-state index contributed by atoms with van der Waals surface area (Å²) >= 11 is 0. The maximum absolute atomic E-state index is 13.5. The van der Waals surface area contributed by atoms with Gasteiger partial charge in [-0.05, 0) is 66.4 Å². The molecule has 0 radical (unpaired) electrons. The normalized spacial score (nSPS) is 14.9. The Morgan fingerprint density at radius 2 is 1.36 bits per heavy atom. The van der Waals surface area contributed by atoms with E-state index in [1.807, 2.05) is 65.0 Å². The smallest absolute Gasteiger partial charge is 0.408 e. The van der Waals surface area contributed by atoms with Gasteiger partial charge in [0.05, 0.1) is 11.7 Å². The van der Waals surface area contributed by atoms with Gasteiger partial charge in [0.25, 0.3) is 5.91 Å². The van der Waals surface area contributed by atoms with Crippen LogP contribution in [-0.2, 0) is 30.3 Å². The van der Waals surface area contributed by atoms with Crippen molar-refractivity contribution in [3.63, 3.8) is 0 Å². The maximum atomic E-state index is 13.5. The number of benzene rings is 1. The second-order valence-electron chi connectivity index (χ2n) is 12.0. The summed E-state index contributed by atoms with van der Waals surface area (Å²) in [6.45, 7) is 16.1. The average molecular weight is 550 g/mol. The highest BCUT2D eigenvalue weighted by Crippen LogP contribution is 2.15. The first kappa shape index (κ1) is 33.8. The first-order valence-corrected chi connectivity index (χ1v) is 13.2. The molecule has 11 heteroatoms. The lowest BCUT2D eigenvalue weighted by Crippen LogP contribution is -2.60. The van der Waals surface area contributed by atoms with Gasteiger partial charge < -0.3 is 25.4 Å². The number of ether oxygens (including phenoxy) is 2. The average Bonchev–Trinajstić information content (AvgIpc) is 2.79. The van der Waals surface area contributed by atoms with E-state index in [4.69, 9.17) is 15.3 Å². The van der Waals surface area contributed by atoms with Crippen molar-refractivity contribution in [2.75, 3.05) is 0 Å². The van der Waals surface area contributed by atoms with Crippen LogP contribution in [0, 0.1) is 5.92 Å². The van der Waals surface area contributed by atoms with Crippen molar-refractivity contribution >= 4 is 23.8 Å². The number of alkyl carbamates (subject to hydrolysis) is 1. The molecular weight excluding hydrogens is 502 g/mol. The summed E-state index contributed by atoms with van der Waals surface area (Å²) < 4.78 is 11.2. The highest BCUT2D eigenvalue weighted by atomic mass is 16.6. The van der Waals surface area contributed by atoms with Crippen molar-refractivity contribution in [3.8, 4) is 0 Å². The van der Waals surface area contributed by atoms with E-state index in [9.17, 15) is 19.2 Å². The molecule has 0 aliphatic rings. The molecular formula is C28H47N5O6. The van der Waals surface area contributed by atoms with E-state index in [1.165, 1.54) is 0 Å². The Hall–Kier alpha value is -3.18. The summed E-state index contributed by atoms with van der Waals surface area (Å²) in [6, 6.07) is 6.06. The van der Waals surface area contributed by atoms with Crippen molar-refractivity contribution in [3.05, 3.63) is 35.9 Å². The second-order valence-corrected chi connectivity index (χ2v) is 12.0. The predicted molar refractivity (Wildman–Crippen MR) is 149 cm³/mol. The fourth-order valence-electron chi connectivity index (χ4n) is 3.85. The number of carbonyl (C=O) groups is 4. The quantitative estimate of drug-likeness (QED) is 0.152. The standard InChI is InChI=1S/C28H47N5O6/c1-17(2)15-20(24(35)32-22(25(36)33-29)18(3)38-27(4,5)6)30-23(34)21(16-19-13-11-10-12-14-19)31-26(37)39-28(7,8)9/h10-14,17-18,20-22H,15-16,29H2,1-9H3,(H,30,34)(H,31,37)(H,32,35)(H,33,36)/t18-,20+,21+,22+/m1/s1. The van der Waals surface area contributed by atoms with Gasteiger partial charge in [0.15, 0.2) is 0 Å². The molecule has 0 saturated carbocycles. The van der Waals surface area contributed by atoms with Crippen LogP contribution in [0.4, 0.5) is 4.79 Å². The zero-order chi connectivity index (χ0) is 30.0. The van der Waals surface area contributed by atoms with E-state index < -0.39 is 59.2 Å². The van der Waals surface area contributed by atoms with Crippen LogP contribution in [0.15, 0.2) is 30.3 Å². The van der Waals surface area contributed by atoms with Gasteiger partial charge in [0.2, 0.25) is 11.8 Å². The minimum Gasteiger partial charge on any atom is -0.444 e. The van der Waals surface area contributed by atoms with Crippen LogP contribution in [0.5, 0.6) is 0 Å². The van der Waals surface area contributed by atoms with Crippen LogP contribution >= 0.6 is 0 Å². The largest absolute Gasteiger partial charge is 0.444 e. The van der Waals surface area contributed by atoms with Gasteiger partial charge in [-0.15, -0.1) is 0 Å². The van der Waals surface area contributed by atoms with Gasteiger partial charge in [-0.25, -0.2) is 10.6 Å². The van der Waals surface area contributed by atoms with Crippen LogP contribution in [0.3, 0.4) is 0 Å². The summed E-state index contributed by atoms with van der Waals surface area (Å²) in [6.07, 6.45) is -1.01. The lowest BCUT2D eigenvalue weighted by Gasteiger charge is -2.32. The maximum Gasteiger partial charge on any atom is 0.408 e. The van der Waals surface area contributed by atoms with E-state index in [0.29, 0.717) is 0 Å². The molecule has 1 rings (SSSR count). The number of hydrogen-bond acceptors (Lipinski definition) is 7. The molecule has 0 heterocycles. The summed E-state index contributed by atoms with van der Waals surface area (Å²) in [4.78, 5) is 51.9. The Morgan fingerprint density at radius 1 is 0.795 bits per heavy atom. The Bertz CT molecular complexity index is 955. The third-order valence-electron chi connectivity index (χ3n) is 5.36. The topological polar surface area (TPSA) is 161 Å². The van der Waals surface area contributed by atoms with Crippen LogP contribution < -0.4 is 27.2 Å². The molecule has 4 amide bonds. The number of amides is 4. The van der Waals surface area contributed by atoms with E-state index in [2.05, 4.69) is 21.4 Å². The Balaban J connectivity index is 3.18. The zero-order valence-corrected chi connectivity index (χ0v) is 24.7. The Labute approximate surface area is 232 Å². The molecule has 0 fully saturated rings. The van der Waals surface area contributed by atoms with Crippen molar-refractivity contribution in [1.82, 2.24) is 21.4 Å².